The van der Waals surface area contributed by atoms with E-state index in [1.54, 1.807) is 14.2 Å². The number of rotatable bonds is 2. The second-order valence-electron chi connectivity index (χ2n) is 2.67. The zero-order valence-corrected chi connectivity index (χ0v) is 7.78. The molecule has 1 aliphatic rings. The monoisotopic (exact) mass is 178 g/mol. The van der Waals surface area contributed by atoms with Gasteiger partial charge in [0.25, 0.3) is 0 Å². The third kappa shape index (κ3) is 2.01. The normalized spacial score (nSPS) is 25.3. The summed E-state index contributed by atoms with van der Waals surface area (Å²) in [6.07, 6.45) is 1.49. The van der Waals surface area contributed by atoms with E-state index in [-0.39, 0.29) is 0 Å². The van der Waals surface area contributed by atoms with E-state index in [0.717, 1.165) is 12.8 Å². The number of ether oxygens (including phenoxy) is 2. The van der Waals surface area contributed by atoms with Crippen LogP contribution in [0.15, 0.2) is 0 Å². The van der Waals surface area contributed by atoms with E-state index < -0.39 is 16.6 Å². The van der Waals surface area contributed by atoms with Crippen molar-refractivity contribution in [1.82, 2.24) is 0 Å². The van der Waals surface area contributed by atoms with Gasteiger partial charge in [-0.1, -0.05) is 0 Å². The van der Waals surface area contributed by atoms with Gasteiger partial charge in [-0.05, 0) is 0 Å². The van der Waals surface area contributed by atoms with E-state index in [1.165, 1.54) is 0 Å². The Balaban J connectivity index is 2.52. The van der Waals surface area contributed by atoms with Gasteiger partial charge in [-0.25, -0.2) is 0 Å². The number of hydrogen-bond acceptors (Lipinski definition) is 3. The first-order valence-electron chi connectivity index (χ1n) is 3.68. The predicted octanol–water partition coefficient (Wildman–Crippen LogP) is 0.518. The lowest BCUT2D eigenvalue weighted by Gasteiger charge is -2.33. The minimum absolute atomic E-state index is 0.450. The van der Waals surface area contributed by atoms with Crippen LogP contribution < -0.4 is 0 Å². The molecular formula is C7H14O3S. The molecule has 0 atom stereocenters. The molecule has 1 saturated heterocycles. The van der Waals surface area contributed by atoms with Gasteiger partial charge in [0.1, 0.15) is 0 Å². The van der Waals surface area contributed by atoms with Gasteiger partial charge in [0.15, 0.2) is 5.79 Å². The van der Waals surface area contributed by atoms with Gasteiger partial charge in [0.2, 0.25) is 0 Å². The van der Waals surface area contributed by atoms with Crippen LogP contribution in [0.4, 0.5) is 0 Å². The van der Waals surface area contributed by atoms with Gasteiger partial charge < -0.3 is 9.47 Å². The molecule has 0 N–H and O–H groups in total. The third-order valence-corrected chi connectivity index (χ3v) is 3.48. The van der Waals surface area contributed by atoms with Crippen molar-refractivity contribution in [1.29, 1.82) is 0 Å². The molecule has 0 aromatic heterocycles. The Bertz CT molecular complexity index is 142. The summed E-state index contributed by atoms with van der Waals surface area (Å²) in [5.41, 5.74) is 0. The summed E-state index contributed by atoms with van der Waals surface area (Å²) in [4.78, 5) is 0. The van der Waals surface area contributed by atoms with E-state index in [2.05, 4.69) is 0 Å². The molecular weight excluding hydrogens is 164 g/mol. The lowest BCUT2D eigenvalue weighted by molar-refractivity contribution is -0.209. The van der Waals surface area contributed by atoms with Crippen molar-refractivity contribution in [2.75, 3.05) is 25.7 Å². The topological polar surface area (TPSA) is 35.5 Å². The molecule has 0 radical (unpaired) electrons. The largest absolute Gasteiger partial charge is 0.353 e. The highest BCUT2D eigenvalue weighted by Crippen LogP contribution is 2.25. The van der Waals surface area contributed by atoms with Gasteiger partial charge >= 0.3 is 0 Å². The lowest BCUT2D eigenvalue weighted by Crippen LogP contribution is -2.40. The molecule has 0 aromatic carbocycles. The first-order valence-corrected chi connectivity index (χ1v) is 5.16. The van der Waals surface area contributed by atoms with E-state index in [1.807, 2.05) is 0 Å². The lowest BCUT2D eigenvalue weighted by atomic mass is 10.1. The standard InChI is InChI=1S/C7H14O3S/c1-9-7(10-2)3-5-11(8)6-4-7/h3-6H2,1-2H3. The summed E-state index contributed by atoms with van der Waals surface area (Å²) in [6, 6.07) is 0. The van der Waals surface area contributed by atoms with Gasteiger partial charge in [0.05, 0.1) is 0 Å². The van der Waals surface area contributed by atoms with E-state index >= 15 is 0 Å². The molecule has 1 fully saturated rings. The highest BCUT2D eigenvalue weighted by atomic mass is 32.2. The highest BCUT2D eigenvalue weighted by Gasteiger charge is 2.33. The maximum atomic E-state index is 11.0. The molecule has 0 unspecified atom stereocenters. The van der Waals surface area contributed by atoms with Crippen LogP contribution in [0.1, 0.15) is 12.8 Å². The van der Waals surface area contributed by atoms with E-state index in [4.69, 9.17) is 9.47 Å². The molecule has 1 aliphatic heterocycles. The summed E-state index contributed by atoms with van der Waals surface area (Å²) >= 11 is 0. The Morgan fingerprint density at radius 3 is 2.00 bits per heavy atom. The molecule has 66 valence electrons. The average molecular weight is 178 g/mol. The van der Waals surface area contributed by atoms with Crippen molar-refractivity contribution >= 4 is 10.8 Å². The van der Waals surface area contributed by atoms with Crippen molar-refractivity contribution < 1.29 is 13.7 Å². The van der Waals surface area contributed by atoms with Crippen molar-refractivity contribution in [3.8, 4) is 0 Å². The Kier molecular flexibility index (Phi) is 3.04. The van der Waals surface area contributed by atoms with Crippen molar-refractivity contribution in [3.63, 3.8) is 0 Å². The van der Waals surface area contributed by atoms with Crippen LogP contribution in [0.25, 0.3) is 0 Å². The predicted molar refractivity (Wildman–Crippen MR) is 43.9 cm³/mol. The maximum Gasteiger partial charge on any atom is 0.169 e. The maximum absolute atomic E-state index is 11.0. The fraction of sp³-hybridized carbons (Fsp3) is 1.00. The highest BCUT2D eigenvalue weighted by molar-refractivity contribution is 7.85. The molecule has 1 heterocycles. The molecule has 4 heteroatoms. The molecule has 0 bridgehead atoms. The fourth-order valence-corrected chi connectivity index (χ4v) is 2.54. The van der Waals surface area contributed by atoms with Crippen molar-refractivity contribution in [2.45, 2.75) is 18.6 Å². The molecule has 0 spiro atoms. The van der Waals surface area contributed by atoms with E-state index in [9.17, 15) is 4.21 Å². The summed E-state index contributed by atoms with van der Waals surface area (Å²) in [5, 5.41) is 0. The second kappa shape index (κ2) is 3.65. The average Bonchev–Trinajstić information content (AvgIpc) is 2.07. The summed E-state index contributed by atoms with van der Waals surface area (Å²) in [6.45, 7) is 0. The van der Waals surface area contributed by atoms with Crippen LogP contribution in [-0.2, 0) is 20.3 Å². The third-order valence-electron chi connectivity index (χ3n) is 2.17. The van der Waals surface area contributed by atoms with Crippen LogP contribution in [0.2, 0.25) is 0 Å². The van der Waals surface area contributed by atoms with Crippen LogP contribution in [0, 0.1) is 0 Å². The first kappa shape index (κ1) is 9.16. The summed E-state index contributed by atoms with van der Waals surface area (Å²) in [7, 11) is 2.62. The van der Waals surface area contributed by atoms with Gasteiger partial charge in [-0.2, -0.15) is 0 Å². The SMILES string of the molecule is COC1(OC)CCS(=O)CC1. The Morgan fingerprint density at radius 1 is 1.18 bits per heavy atom. The molecule has 3 nitrogen and oxygen atoms in total. The minimum Gasteiger partial charge on any atom is -0.353 e. The molecule has 0 saturated carbocycles. The fourth-order valence-electron chi connectivity index (χ4n) is 1.26. The quantitative estimate of drug-likeness (QED) is 0.578. The van der Waals surface area contributed by atoms with Gasteiger partial charge in [-0.15, -0.1) is 0 Å². The van der Waals surface area contributed by atoms with E-state index in [0.29, 0.717) is 11.5 Å². The summed E-state index contributed by atoms with van der Waals surface area (Å²) in [5.74, 6) is 0.942. The Hall–Kier alpha value is 0.0700. The zero-order chi connectivity index (χ0) is 8.32. The van der Waals surface area contributed by atoms with Gasteiger partial charge in [-0.3, -0.25) is 4.21 Å². The van der Waals surface area contributed by atoms with Crippen molar-refractivity contribution in [3.05, 3.63) is 0 Å². The molecule has 0 amide bonds. The molecule has 11 heavy (non-hydrogen) atoms. The summed E-state index contributed by atoms with van der Waals surface area (Å²) < 4.78 is 21.4. The zero-order valence-electron chi connectivity index (χ0n) is 6.96. The van der Waals surface area contributed by atoms with Crippen LogP contribution in [-0.4, -0.2) is 35.7 Å². The number of hydrogen-bond donors (Lipinski definition) is 0. The molecule has 0 aliphatic carbocycles. The second-order valence-corrected chi connectivity index (χ2v) is 4.36. The van der Waals surface area contributed by atoms with Crippen LogP contribution >= 0.6 is 0 Å². The number of methoxy groups -OCH3 is 2. The van der Waals surface area contributed by atoms with Crippen molar-refractivity contribution in [2.24, 2.45) is 0 Å². The Morgan fingerprint density at radius 2 is 1.64 bits per heavy atom. The minimum atomic E-state index is -0.650. The molecule has 1 rings (SSSR count). The smallest absolute Gasteiger partial charge is 0.169 e. The van der Waals surface area contributed by atoms with Gasteiger partial charge in [0, 0.05) is 49.4 Å². The van der Waals surface area contributed by atoms with Crippen LogP contribution in [0.3, 0.4) is 0 Å². The molecule has 0 aromatic rings. The first-order chi connectivity index (χ1) is 5.22. The van der Waals surface area contributed by atoms with Crippen LogP contribution in [0.5, 0.6) is 0 Å². The Labute approximate surface area is 69.5 Å².